The van der Waals surface area contributed by atoms with E-state index in [0.29, 0.717) is 33.6 Å². The number of hydrogen-bond donors (Lipinski definition) is 3. The molecule has 3 N–H and O–H groups in total. The number of nitrogens with one attached hydrogen (secondary N) is 3. The zero-order chi connectivity index (χ0) is 26.0. The highest BCUT2D eigenvalue weighted by Crippen LogP contribution is 2.26. The molecule has 3 aromatic carbocycles. The van der Waals surface area contributed by atoms with Crippen LogP contribution in [0.4, 0.5) is 5.69 Å². The van der Waals surface area contributed by atoms with Crippen molar-refractivity contribution < 1.29 is 14.3 Å². The third-order valence-corrected chi connectivity index (χ3v) is 7.08. The Kier molecular flexibility index (Phi) is 9.68. The molecule has 3 aromatic rings. The van der Waals surface area contributed by atoms with E-state index in [9.17, 15) is 9.59 Å². The first kappa shape index (κ1) is 26.8. The average Bonchev–Trinajstić information content (AvgIpc) is 2.91. The zero-order valence-electron chi connectivity index (χ0n) is 20.5. The van der Waals surface area contributed by atoms with Crippen molar-refractivity contribution in [1.29, 1.82) is 0 Å². The summed E-state index contributed by atoms with van der Waals surface area (Å²) in [5.41, 5.74) is 2.93. The van der Waals surface area contributed by atoms with Crippen LogP contribution in [-0.4, -0.2) is 29.6 Å². The van der Waals surface area contributed by atoms with Crippen LogP contribution in [-0.2, 0) is 6.42 Å². The molecule has 1 fully saturated rings. The second kappa shape index (κ2) is 13.4. The molecule has 6 nitrogen and oxygen atoms in total. The van der Waals surface area contributed by atoms with Gasteiger partial charge in [-0.25, -0.2) is 0 Å². The molecule has 0 saturated heterocycles. The fraction of sp³-hybridized carbons (Fsp3) is 0.276. The molecule has 0 bridgehead atoms. The van der Waals surface area contributed by atoms with E-state index in [4.69, 9.17) is 17.0 Å². The van der Waals surface area contributed by atoms with Gasteiger partial charge in [-0.3, -0.25) is 14.9 Å². The van der Waals surface area contributed by atoms with Crippen LogP contribution in [0.1, 0.15) is 58.4 Å². The Hall–Kier alpha value is -3.23. The summed E-state index contributed by atoms with van der Waals surface area (Å²) in [5, 5.41) is 8.96. The van der Waals surface area contributed by atoms with Gasteiger partial charge in [0.25, 0.3) is 11.8 Å². The van der Waals surface area contributed by atoms with Gasteiger partial charge in [0.05, 0.1) is 11.1 Å². The first-order chi connectivity index (χ1) is 18.0. The van der Waals surface area contributed by atoms with Crippen molar-refractivity contribution in [2.24, 2.45) is 0 Å². The van der Waals surface area contributed by atoms with E-state index in [0.717, 1.165) is 19.3 Å². The van der Waals surface area contributed by atoms with Crippen LogP contribution in [0.5, 0.6) is 5.75 Å². The molecular weight excluding hydrogens is 550 g/mol. The smallest absolute Gasteiger partial charge is 0.257 e. The molecule has 0 radical (unpaired) electrons. The highest BCUT2D eigenvalue weighted by Gasteiger charge is 2.17. The average molecular weight is 581 g/mol. The zero-order valence-corrected chi connectivity index (χ0v) is 22.9. The number of hydrogen-bond acceptors (Lipinski definition) is 4. The number of thiocarbonyl (C=S) groups is 1. The monoisotopic (exact) mass is 579 g/mol. The Morgan fingerprint density at radius 2 is 1.59 bits per heavy atom. The summed E-state index contributed by atoms with van der Waals surface area (Å²) in [6.45, 7) is 0.531. The van der Waals surface area contributed by atoms with Gasteiger partial charge in [-0.05, 0) is 89.0 Å². The molecule has 0 unspecified atom stereocenters. The van der Waals surface area contributed by atoms with Crippen molar-refractivity contribution in [3.8, 4) is 5.75 Å². The Morgan fingerprint density at radius 3 is 2.30 bits per heavy atom. The maximum Gasteiger partial charge on any atom is 0.257 e. The number of benzene rings is 3. The van der Waals surface area contributed by atoms with Crippen molar-refractivity contribution in [3.63, 3.8) is 0 Å². The quantitative estimate of drug-likeness (QED) is 0.274. The lowest BCUT2D eigenvalue weighted by atomic mass is 9.95. The molecule has 2 amide bonds. The lowest BCUT2D eigenvalue weighted by molar-refractivity contribution is 0.0926. The number of rotatable bonds is 8. The molecule has 4 rings (SSSR count). The molecule has 1 saturated carbocycles. The lowest BCUT2D eigenvalue weighted by Gasteiger charge is -2.22. The van der Waals surface area contributed by atoms with E-state index >= 15 is 0 Å². The normalized spacial score (nSPS) is 13.4. The van der Waals surface area contributed by atoms with Crippen LogP contribution in [0.2, 0.25) is 0 Å². The Labute approximate surface area is 231 Å². The highest BCUT2D eigenvalue weighted by atomic mass is 79.9. The number of carbonyl (C=O) groups excluding carboxylic acids is 2. The summed E-state index contributed by atoms with van der Waals surface area (Å²) >= 11 is 8.79. The highest BCUT2D eigenvalue weighted by molar-refractivity contribution is 9.10. The van der Waals surface area contributed by atoms with Gasteiger partial charge < -0.3 is 15.4 Å². The first-order valence-corrected chi connectivity index (χ1v) is 13.7. The molecule has 1 aliphatic carbocycles. The van der Waals surface area contributed by atoms with Crippen LogP contribution in [0.3, 0.4) is 0 Å². The minimum absolute atomic E-state index is 0.0626. The molecule has 0 aliphatic heterocycles. The van der Waals surface area contributed by atoms with Crippen molar-refractivity contribution in [1.82, 2.24) is 10.6 Å². The Bertz CT molecular complexity index is 1230. The van der Waals surface area contributed by atoms with E-state index in [1.165, 1.54) is 24.8 Å². The minimum Gasteiger partial charge on any atom is -0.492 e. The van der Waals surface area contributed by atoms with Gasteiger partial charge in [0.2, 0.25) is 0 Å². The SMILES string of the molecule is O=C(NC(=S)Nc1ccc(C(=O)NC2CCCCC2)cc1)c1ccc(OCCc2ccccc2)c(Br)c1. The van der Waals surface area contributed by atoms with Crippen molar-refractivity contribution in [2.75, 3.05) is 11.9 Å². The minimum atomic E-state index is -0.336. The Morgan fingerprint density at radius 1 is 0.892 bits per heavy atom. The molecule has 0 spiro atoms. The summed E-state index contributed by atoms with van der Waals surface area (Å²) in [6.07, 6.45) is 6.46. The third kappa shape index (κ3) is 8.13. The molecule has 37 heavy (non-hydrogen) atoms. The lowest BCUT2D eigenvalue weighted by Crippen LogP contribution is -2.36. The van der Waals surface area contributed by atoms with Crippen molar-refractivity contribution >= 4 is 50.8 Å². The molecule has 8 heteroatoms. The number of ether oxygens (including phenoxy) is 1. The maximum atomic E-state index is 12.7. The molecule has 192 valence electrons. The van der Waals surface area contributed by atoms with Gasteiger partial charge in [0.15, 0.2) is 5.11 Å². The first-order valence-electron chi connectivity index (χ1n) is 12.5. The van der Waals surface area contributed by atoms with E-state index in [-0.39, 0.29) is 23.0 Å². The number of carbonyl (C=O) groups is 2. The van der Waals surface area contributed by atoms with Crippen molar-refractivity contribution in [3.05, 3.63) is 94.0 Å². The second-order valence-corrected chi connectivity index (χ2v) is 10.3. The van der Waals surface area contributed by atoms with E-state index in [2.05, 4.69) is 44.0 Å². The van der Waals surface area contributed by atoms with Gasteiger partial charge in [-0.2, -0.15) is 0 Å². The Balaban J connectivity index is 1.24. The number of halogens is 1. The standard InChI is InChI=1S/C29H30BrN3O3S/c30-25-19-22(13-16-26(25)36-18-17-20-7-3-1-4-8-20)28(35)33-29(37)32-24-14-11-21(12-15-24)27(34)31-23-9-5-2-6-10-23/h1,3-4,7-8,11-16,19,23H,2,5-6,9-10,17-18H2,(H,31,34)(H2,32,33,35,37). The predicted molar refractivity (Wildman–Crippen MR) is 154 cm³/mol. The molecular formula is C29H30BrN3O3S. The van der Waals surface area contributed by atoms with Gasteiger partial charge in [-0.1, -0.05) is 49.6 Å². The largest absolute Gasteiger partial charge is 0.492 e. The maximum absolute atomic E-state index is 12.7. The van der Waals surface area contributed by atoms with Crippen LogP contribution < -0.4 is 20.7 Å². The van der Waals surface area contributed by atoms with Crippen LogP contribution in [0, 0.1) is 0 Å². The number of anilines is 1. The fourth-order valence-corrected chi connectivity index (χ4v) is 4.94. The van der Waals surface area contributed by atoms with Gasteiger partial charge in [0.1, 0.15) is 5.75 Å². The molecule has 0 aromatic heterocycles. The second-order valence-electron chi connectivity index (χ2n) is 9.02. The predicted octanol–water partition coefficient (Wildman–Crippen LogP) is 6.26. The summed E-state index contributed by atoms with van der Waals surface area (Å²) < 4.78 is 6.55. The molecule has 0 atom stereocenters. The topological polar surface area (TPSA) is 79.5 Å². The summed E-state index contributed by atoms with van der Waals surface area (Å²) in [7, 11) is 0. The van der Waals surface area contributed by atoms with Gasteiger partial charge >= 0.3 is 0 Å². The summed E-state index contributed by atoms with van der Waals surface area (Å²) in [6, 6.07) is 22.6. The molecule has 1 aliphatic rings. The van der Waals surface area contributed by atoms with E-state index < -0.39 is 0 Å². The summed E-state index contributed by atoms with van der Waals surface area (Å²) in [4.78, 5) is 25.2. The fourth-order valence-electron chi connectivity index (χ4n) is 4.24. The summed E-state index contributed by atoms with van der Waals surface area (Å²) in [5.74, 6) is 0.269. The van der Waals surface area contributed by atoms with Gasteiger partial charge in [0, 0.05) is 29.3 Å². The number of amides is 2. The van der Waals surface area contributed by atoms with Crippen LogP contribution in [0.25, 0.3) is 0 Å². The van der Waals surface area contributed by atoms with Crippen LogP contribution in [0.15, 0.2) is 77.3 Å². The van der Waals surface area contributed by atoms with E-state index in [1.54, 1.807) is 42.5 Å². The molecule has 0 heterocycles. The van der Waals surface area contributed by atoms with Crippen LogP contribution >= 0.6 is 28.1 Å². The third-order valence-electron chi connectivity index (χ3n) is 6.26. The van der Waals surface area contributed by atoms with Crippen molar-refractivity contribution in [2.45, 2.75) is 44.6 Å². The van der Waals surface area contributed by atoms with Gasteiger partial charge in [-0.15, -0.1) is 0 Å². The van der Waals surface area contributed by atoms with E-state index in [1.807, 2.05) is 18.2 Å².